The molecule has 1 saturated carbocycles. The average molecular weight is 533 g/mol. The Morgan fingerprint density at radius 1 is 1.24 bits per heavy atom. The molecule has 0 aromatic carbocycles. The fourth-order valence-electron chi connectivity index (χ4n) is 5.37. The molecular formula is C25H27F3N6O4. The van der Waals surface area contributed by atoms with E-state index in [0.29, 0.717) is 16.5 Å². The molecule has 0 radical (unpaired) electrons. The second-order valence-electron chi connectivity index (χ2n) is 10.8. The summed E-state index contributed by atoms with van der Waals surface area (Å²) in [7, 11) is 0. The molecule has 2 unspecified atom stereocenters. The quantitative estimate of drug-likeness (QED) is 0.512. The van der Waals surface area contributed by atoms with E-state index in [1.54, 1.807) is 23.6 Å². The number of piperidine rings is 1. The van der Waals surface area contributed by atoms with Crippen molar-refractivity contribution < 1.29 is 32.7 Å². The van der Waals surface area contributed by atoms with Crippen LogP contribution in [0, 0.1) is 28.6 Å². The molecule has 13 heteroatoms. The number of likely N-dealkylation sites (tertiary alicyclic amines) is 1. The molecule has 2 aromatic heterocycles. The van der Waals surface area contributed by atoms with Gasteiger partial charge in [-0.25, -0.2) is 0 Å². The smallest absolute Gasteiger partial charge is 0.388 e. The standard InChI is InChI=1S/C25H27F3N6O4/c1-23(2)14-11-34(21(36)19(24(3,4)38)33-22(37)25(26,27)28)18(16(14)23)20(35)32-15(8-29)13-10-30-9-12-6-5-7-31-17(12)13/h5-7,9-10,14-16,18-19,38H,11H2,1-4H3,(H,32,35)(H,33,37)/t14-,15?,16-,18-,19?/m0/s1. The second-order valence-corrected chi connectivity index (χ2v) is 10.8. The van der Waals surface area contributed by atoms with Gasteiger partial charge in [0.05, 0.1) is 17.2 Å². The van der Waals surface area contributed by atoms with Gasteiger partial charge in [0.1, 0.15) is 18.1 Å². The highest BCUT2D eigenvalue weighted by Gasteiger charge is 2.70. The van der Waals surface area contributed by atoms with Gasteiger partial charge in [-0.3, -0.25) is 24.4 Å². The third-order valence-electron chi connectivity index (χ3n) is 7.51. The van der Waals surface area contributed by atoms with Crippen molar-refractivity contribution in [2.75, 3.05) is 6.54 Å². The number of nitriles is 1. The first-order valence-corrected chi connectivity index (χ1v) is 11.9. The van der Waals surface area contributed by atoms with E-state index in [1.165, 1.54) is 12.4 Å². The minimum Gasteiger partial charge on any atom is -0.388 e. The van der Waals surface area contributed by atoms with Crippen molar-refractivity contribution in [3.8, 4) is 6.07 Å². The Morgan fingerprint density at radius 2 is 1.92 bits per heavy atom. The van der Waals surface area contributed by atoms with Gasteiger partial charge in [-0.15, -0.1) is 0 Å². The first kappa shape index (κ1) is 27.3. The molecule has 10 nitrogen and oxygen atoms in total. The Balaban J connectivity index is 1.63. The van der Waals surface area contributed by atoms with Gasteiger partial charge >= 0.3 is 12.1 Å². The minimum absolute atomic E-state index is 0.0393. The SMILES string of the molecule is CC(C)(O)C(NC(=O)C(F)(F)F)C(=O)N1C[C@H]2[C@@H]([C@H]1C(=O)NC(C#N)c1cncc3cccnc13)C2(C)C. The van der Waals surface area contributed by atoms with Gasteiger partial charge in [0.15, 0.2) is 0 Å². The molecule has 2 aliphatic rings. The molecule has 0 spiro atoms. The van der Waals surface area contributed by atoms with Crippen LogP contribution in [0.1, 0.15) is 39.3 Å². The molecule has 3 amide bonds. The molecule has 1 aliphatic carbocycles. The number of amides is 3. The number of fused-ring (bicyclic) bond motifs is 2. The van der Waals surface area contributed by atoms with Crippen LogP contribution in [-0.2, 0) is 14.4 Å². The maximum atomic E-state index is 13.6. The van der Waals surface area contributed by atoms with Crippen LogP contribution >= 0.6 is 0 Å². The van der Waals surface area contributed by atoms with Crippen LogP contribution in [-0.4, -0.2) is 68.1 Å². The zero-order valence-electron chi connectivity index (χ0n) is 21.1. The van der Waals surface area contributed by atoms with Gasteiger partial charge in [0, 0.05) is 36.1 Å². The molecule has 1 aliphatic heterocycles. The van der Waals surface area contributed by atoms with Crippen LogP contribution in [0.15, 0.2) is 30.7 Å². The van der Waals surface area contributed by atoms with Crippen molar-refractivity contribution in [3.63, 3.8) is 0 Å². The van der Waals surface area contributed by atoms with Crippen molar-refractivity contribution in [1.82, 2.24) is 25.5 Å². The molecule has 5 atom stereocenters. The first-order valence-electron chi connectivity index (χ1n) is 11.9. The highest BCUT2D eigenvalue weighted by atomic mass is 19.4. The van der Waals surface area contributed by atoms with Crippen molar-refractivity contribution in [2.45, 2.75) is 57.6 Å². The predicted molar refractivity (Wildman–Crippen MR) is 127 cm³/mol. The number of halogens is 3. The molecule has 202 valence electrons. The summed E-state index contributed by atoms with van der Waals surface area (Å²) in [6.07, 6.45) is -0.788. The topological polar surface area (TPSA) is 148 Å². The van der Waals surface area contributed by atoms with Crippen LogP contribution in [0.25, 0.3) is 10.9 Å². The molecule has 0 bridgehead atoms. The Hall–Kier alpha value is -3.79. The number of hydrogen-bond acceptors (Lipinski definition) is 7. The van der Waals surface area contributed by atoms with Gasteiger partial charge in [-0.2, -0.15) is 18.4 Å². The maximum Gasteiger partial charge on any atom is 0.471 e. The van der Waals surface area contributed by atoms with Crippen LogP contribution in [0.3, 0.4) is 0 Å². The van der Waals surface area contributed by atoms with Gasteiger partial charge in [0.25, 0.3) is 0 Å². The Labute approximate surface area is 216 Å². The van der Waals surface area contributed by atoms with Crippen LogP contribution in [0.2, 0.25) is 0 Å². The number of carbonyl (C=O) groups is 3. The lowest BCUT2D eigenvalue weighted by Gasteiger charge is -2.37. The van der Waals surface area contributed by atoms with E-state index in [2.05, 4.69) is 15.3 Å². The number of aliphatic hydroxyl groups is 1. The summed E-state index contributed by atoms with van der Waals surface area (Å²) in [5, 5.41) is 25.2. The third kappa shape index (κ3) is 4.76. The Bertz CT molecular complexity index is 1330. The van der Waals surface area contributed by atoms with Crippen molar-refractivity contribution in [3.05, 3.63) is 36.3 Å². The molecule has 4 rings (SSSR count). The van der Waals surface area contributed by atoms with Crippen LogP contribution in [0.4, 0.5) is 13.2 Å². The zero-order valence-corrected chi connectivity index (χ0v) is 21.1. The molecule has 2 aromatic rings. The molecule has 1 saturated heterocycles. The summed E-state index contributed by atoms with van der Waals surface area (Å²) in [5.74, 6) is -4.57. The normalized spacial score (nSPS) is 23.7. The fraction of sp³-hybridized carbons (Fsp3) is 0.520. The monoisotopic (exact) mass is 532 g/mol. The summed E-state index contributed by atoms with van der Waals surface area (Å²) in [6.45, 7) is 6.04. The number of nitrogens with zero attached hydrogens (tertiary/aromatic N) is 4. The number of pyridine rings is 2. The summed E-state index contributed by atoms with van der Waals surface area (Å²) in [6, 6.07) is 1.17. The van der Waals surface area contributed by atoms with Gasteiger partial charge in [-0.1, -0.05) is 13.8 Å². The van der Waals surface area contributed by atoms with E-state index >= 15 is 0 Å². The summed E-state index contributed by atoms with van der Waals surface area (Å²) in [4.78, 5) is 48.2. The number of nitrogens with one attached hydrogen (secondary N) is 2. The number of alkyl halides is 3. The summed E-state index contributed by atoms with van der Waals surface area (Å²) >= 11 is 0. The summed E-state index contributed by atoms with van der Waals surface area (Å²) < 4.78 is 38.8. The second kappa shape index (κ2) is 9.20. The van der Waals surface area contributed by atoms with Gasteiger partial charge in [0.2, 0.25) is 11.8 Å². The van der Waals surface area contributed by atoms with Crippen LogP contribution in [0.5, 0.6) is 0 Å². The average Bonchev–Trinajstić information content (AvgIpc) is 3.16. The van der Waals surface area contributed by atoms with Crippen molar-refractivity contribution in [1.29, 1.82) is 5.26 Å². The molecule has 3 N–H and O–H groups in total. The molecular weight excluding hydrogens is 505 g/mol. The highest BCUT2D eigenvalue weighted by molar-refractivity contribution is 5.95. The lowest BCUT2D eigenvalue weighted by atomic mass is 9.94. The summed E-state index contributed by atoms with van der Waals surface area (Å²) in [5.41, 5.74) is -1.62. The number of carbonyl (C=O) groups excluding carboxylic acids is 3. The molecule has 38 heavy (non-hydrogen) atoms. The number of aromatic nitrogens is 2. The van der Waals surface area contributed by atoms with Crippen molar-refractivity contribution >= 4 is 28.6 Å². The lowest BCUT2D eigenvalue weighted by molar-refractivity contribution is -0.177. The zero-order chi connectivity index (χ0) is 28.2. The lowest BCUT2D eigenvalue weighted by Crippen LogP contribution is -2.63. The largest absolute Gasteiger partial charge is 0.471 e. The maximum absolute atomic E-state index is 13.6. The van der Waals surface area contributed by atoms with E-state index in [9.17, 15) is 37.9 Å². The number of hydrogen-bond donors (Lipinski definition) is 3. The fourth-order valence-corrected chi connectivity index (χ4v) is 5.37. The van der Waals surface area contributed by atoms with Gasteiger partial charge < -0.3 is 20.6 Å². The van der Waals surface area contributed by atoms with E-state index in [-0.39, 0.29) is 23.8 Å². The molecule has 3 heterocycles. The van der Waals surface area contributed by atoms with E-state index in [4.69, 9.17) is 0 Å². The van der Waals surface area contributed by atoms with Crippen LogP contribution < -0.4 is 10.6 Å². The minimum atomic E-state index is -5.28. The molecule has 2 fully saturated rings. The first-order chi connectivity index (χ1) is 17.6. The van der Waals surface area contributed by atoms with E-state index in [1.807, 2.05) is 19.9 Å². The Kier molecular flexibility index (Phi) is 6.59. The number of rotatable bonds is 6. The van der Waals surface area contributed by atoms with Gasteiger partial charge in [-0.05, 0) is 43.2 Å². The van der Waals surface area contributed by atoms with E-state index in [0.717, 1.165) is 18.7 Å². The predicted octanol–water partition coefficient (Wildman–Crippen LogP) is 1.61. The highest BCUT2D eigenvalue weighted by Crippen LogP contribution is 2.65. The van der Waals surface area contributed by atoms with Crippen molar-refractivity contribution in [2.24, 2.45) is 17.3 Å². The Morgan fingerprint density at radius 3 is 2.53 bits per heavy atom. The third-order valence-corrected chi connectivity index (χ3v) is 7.51. The van der Waals surface area contributed by atoms with E-state index < -0.39 is 47.6 Å².